The number of rotatable bonds is 7. The average molecular weight is 448 g/mol. The van der Waals surface area contributed by atoms with Crippen LogP contribution in [-0.4, -0.2) is 29.9 Å². The Hall–Kier alpha value is -2.72. The van der Waals surface area contributed by atoms with Crippen LogP contribution in [-0.2, 0) is 4.74 Å². The summed E-state index contributed by atoms with van der Waals surface area (Å²) < 4.78 is 5.50. The summed E-state index contributed by atoms with van der Waals surface area (Å²) in [7, 11) is 2.80. The molecule has 0 radical (unpaired) electrons. The van der Waals surface area contributed by atoms with Crippen molar-refractivity contribution in [2.45, 2.75) is 24.8 Å². The number of nitrogens with two attached hydrogens (primary N) is 1. The number of hydrogen-bond acceptors (Lipinski definition) is 5. The number of benzene rings is 2. The van der Waals surface area contributed by atoms with E-state index in [1.807, 2.05) is 42.6 Å². The number of aliphatic hydroxyl groups excluding tert-OH is 1. The molecule has 2 atom stereocenters. The van der Waals surface area contributed by atoms with Gasteiger partial charge in [0, 0.05) is 30.7 Å². The SMILES string of the molecule is C=C(N[C@H](CO)c1ccccc1)c1ccc(-c2cc(C3CCOCC3)cnc2N)c(P)c1. The highest BCUT2D eigenvalue weighted by atomic mass is 31.0. The Morgan fingerprint density at radius 3 is 2.59 bits per heavy atom. The van der Waals surface area contributed by atoms with Crippen LogP contribution in [0.5, 0.6) is 0 Å². The first-order valence-electron chi connectivity index (χ1n) is 10.9. The van der Waals surface area contributed by atoms with Gasteiger partial charge < -0.3 is 20.9 Å². The Morgan fingerprint density at radius 2 is 1.91 bits per heavy atom. The Labute approximate surface area is 191 Å². The summed E-state index contributed by atoms with van der Waals surface area (Å²) in [5.41, 5.74) is 12.2. The Kier molecular flexibility index (Phi) is 7.21. The molecule has 1 aliphatic heterocycles. The normalized spacial score (nSPS) is 15.3. The van der Waals surface area contributed by atoms with Crippen LogP contribution in [0.2, 0.25) is 0 Å². The molecule has 5 nitrogen and oxygen atoms in total. The molecular weight excluding hydrogens is 417 g/mol. The van der Waals surface area contributed by atoms with Crippen LogP contribution in [0.25, 0.3) is 16.8 Å². The molecule has 4 N–H and O–H groups in total. The maximum absolute atomic E-state index is 9.85. The molecule has 4 rings (SSSR count). The van der Waals surface area contributed by atoms with Crippen molar-refractivity contribution in [1.82, 2.24) is 10.3 Å². The van der Waals surface area contributed by atoms with Crippen molar-refractivity contribution < 1.29 is 9.84 Å². The molecule has 6 heteroatoms. The van der Waals surface area contributed by atoms with Crippen molar-refractivity contribution in [3.8, 4) is 11.1 Å². The van der Waals surface area contributed by atoms with E-state index in [0.29, 0.717) is 11.7 Å². The van der Waals surface area contributed by atoms with Gasteiger partial charge in [-0.25, -0.2) is 4.98 Å². The quantitative estimate of drug-likeness (QED) is 0.477. The predicted molar refractivity (Wildman–Crippen MR) is 135 cm³/mol. The fourth-order valence-corrected chi connectivity index (χ4v) is 4.60. The Morgan fingerprint density at radius 1 is 1.16 bits per heavy atom. The lowest BCUT2D eigenvalue weighted by Crippen LogP contribution is -2.23. The molecule has 0 saturated carbocycles. The second kappa shape index (κ2) is 10.3. The first-order valence-corrected chi connectivity index (χ1v) is 11.5. The molecule has 1 unspecified atom stereocenters. The third-order valence-corrected chi connectivity index (χ3v) is 6.53. The average Bonchev–Trinajstić information content (AvgIpc) is 2.84. The van der Waals surface area contributed by atoms with Crippen molar-refractivity contribution in [3.05, 3.63) is 84.1 Å². The number of pyridine rings is 1. The smallest absolute Gasteiger partial charge is 0.131 e. The summed E-state index contributed by atoms with van der Waals surface area (Å²) >= 11 is 0. The van der Waals surface area contributed by atoms with Gasteiger partial charge in [-0.05, 0) is 58.5 Å². The molecule has 2 aromatic carbocycles. The Balaban J connectivity index is 1.56. The lowest BCUT2D eigenvalue weighted by molar-refractivity contribution is 0.0853. The predicted octanol–water partition coefficient (Wildman–Crippen LogP) is 4.02. The van der Waals surface area contributed by atoms with Crippen LogP contribution in [0.3, 0.4) is 0 Å². The van der Waals surface area contributed by atoms with Crippen LogP contribution < -0.4 is 16.4 Å². The highest BCUT2D eigenvalue weighted by Gasteiger charge is 2.19. The molecule has 166 valence electrons. The van der Waals surface area contributed by atoms with Gasteiger partial charge in [0.25, 0.3) is 0 Å². The molecule has 3 aromatic rings. The van der Waals surface area contributed by atoms with Gasteiger partial charge in [-0.3, -0.25) is 0 Å². The number of nitrogens with one attached hydrogen (secondary N) is 1. The van der Waals surface area contributed by atoms with Gasteiger partial charge in [-0.1, -0.05) is 49.0 Å². The zero-order chi connectivity index (χ0) is 22.5. The lowest BCUT2D eigenvalue weighted by Gasteiger charge is -2.23. The standard InChI is InChI=1S/C26H30N3O2P/c1-17(29-24(16-30)19-5-3-2-4-6-19)20-7-8-22(25(32)14-20)23-13-21(15-28-26(23)27)18-9-11-31-12-10-18/h2-8,13-15,18,24,29-30H,1,9-12,16,32H2,(H2,27,28)/t24-/m1/s1. The molecule has 1 aliphatic rings. The van der Waals surface area contributed by atoms with E-state index in [-0.39, 0.29) is 12.6 Å². The van der Waals surface area contributed by atoms with E-state index >= 15 is 0 Å². The maximum atomic E-state index is 9.85. The third kappa shape index (κ3) is 5.02. The van der Waals surface area contributed by atoms with E-state index in [1.165, 1.54) is 5.56 Å². The van der Waals surface area contributed by atoms with Crippen molar-refractivity contribution in [2.75, 3.05) is 25.6 Å². The first-order chi connectivity index (χ1) is 15.6. The molecule has 1 aromatic heterocycles. The van der Waals surface area contributed by atoms with E-state index in [2.05, 4.69) is 44.3 Å². The number of ether oxygens (including phenoxy) is 1. The summed E-state index contributed by atoms with van der Waals surface area (Å²) in [6, 6.07) is 18.0. The summed E-state index contributed by atoms with van der Waals surface area (Å²) in [5, 5.41) is 14.2. The van der Waals surface area contributed by atoms with Crippen molar-refractivity contribution in [1.29, 1.82) is 0 Å². The molecule has 1 fully saturated rings. The molecule has 0 amide bonds. The molecule has 0 spiro atoms. The minimum Gasteiger partial charge on any atom is -0.394 e. The van der Waals surface area contributed by atoms with Gasteiger partial charge in [-0.2, -0.15) is 0 Å². The third-order valence-electron chi connectivity index (χ3n) is 6.06. The number of aliphatic hydroxyl groups is 1. The van der Waals surface area contributed by atoms with E-state index in [0.717, 1.165) is 59.3 Å². The van der Waals surface area contributed by atoms with Crippen molar-refractivity contribution in [3.63, 3.8) is 0 Å². The molecule has 0 bridgehead atoms. The fraction of sp³-hybridized carbons (Fsp3) is 0.269. The maximum Gasteiger partial charge on any atom is 0.131 e. The van der Waals surface area contributed by atoms with Crippen molar-refractivity contribution in [2.24, 2.45) is 0 Å². The van der Waals surface area contributed by atoms with Gasteiger partial charge >= 0.3 is 0 Å². The summed E-state index contributed by atoms with van der Waals surface area (Å²) in [6.45, 7) is 5.76. The fourth-order valence-electron chi connectivity index (χ4n) is 4.17. The summed E-state index contributed by atoms with van der Waals surface area (Å²) in [5.74, 6) is 0.985. The second-order valence-electron chi connectivity index (χ2n) is 8.16. The van der Waals surface area contributed by atoms with E-state index < -0.39 is 0 Å². The highest BCUT2D eigenvalue weighted by Crippen LogP contribution is 2.32. The monoisotopic (exact) mass is 447 g/mol. The molecular formula is C26H30N3O2P. The zero-order valence-electron chi connectivity index (χ0n) is 18.1. The van der Waals surface area contributed by atoms with E-state index in [1.54, 1.807) is 0 Å². The molecule has 1 saturated heterocycles. The summed E-state index contributed by atoms with van der Waals surface area (Å²) in [6.07, 6.45) is 3.92. The van der Waals surface area contributed by atoms with Gasteiger partial charge in [0.05, 0.1) is 12.6 Å². The number of nitrogen functional groups attached to an aromatic ring is 1. The van der Waals surface area contributed by atoms with Crippen LogP contribution in [0.15, 0.2) is 67.4 Å². The van der Waals surface area contributed by atoms with Crippen LogP contribution in [0.1, 0.15) is 41.5 Å². The summed E-state index contributed by atoms with van der Waals surface area (Å²) in [4.78, 5) is 4.48. The molecule has 2 heterocycles. The number of hydrogen-bond donors (Lipinski definition) is 3. The van der Waals surface area contributed by atoms with Gasteiger partial charge in [0.15, 0.2) is 0 Å². The minimum atomic E-state index is -0.215. The highest BCUT2D eigenvalue weighted by molar-refractivity contribution is 7.28. The van der Waals surface area contributed by atoms with Crippen LogP contribution in [0, 0.1) is 0 Å². The number of nitrogens with zero attached hydrogens (tertiary/aromatic N) is 1. The molecule has 32 heavy (non-hydrogen) atoms. The first kappa shape index (κ1) is 22.5. The van der Waals surface area contributed by atoms with Gasteiger partial charge in [0.2, 0.25) is 0 Å². The number of aromatic nitrogens is 1. The zero-order valence-corrected chi connectivity index (χ0v) is 19.3. The largest absolute Gasteiger partial charge is 0.394 e. The topological polar surface area (TPSA) is 80.4 Å². The van der Waals surface area contributed by atoms with E-state index in [4.69, 9.17) is 10.5 Å². The van der Waals surface area contributed by atoms with E-state index in [9.17, 15) is 5.11 Å². The Bertz CT molecular complexity index is 1080. The second-order valence-corrected chi connectivity index (χ2v) is 8.78. The number of anilines is 1. The van der Waals surface area contributed by atoms with Gasteiger partial charge in [-0.15, -0.1) is 9.24 Å². The van der Waals surface area contributed by atoms with Crippen LogP contribution >= 0.6 is 9.24 Å². The van der Waals surface area contributed by atoms with Gasteiger partial charge in [0.1, 0.15) is 5.82 Å². The van der Waals surface area contributed by atoms with Crippen LogP contribution in [0.4, 0.5) is 5.82 Å². The lowest BCUT2D eigenvalue weighted by atomic mass is 9.91. The minimum absolute atomic E-state index is 0.0178. The van der Waals surface area contributed by atoms with Crippen molar-refractivity contribution >= 4 is 26.1 Å². The molecule has 0 aliphatic carbocycles.